The van der Waals surface area contributed by atoms with Gasteiger partial charge in [-0.15, -0.1) is 0 Å². The molecule has 4 heteroatoms. The smallest absolute Gasteiger partial charge is 0.248 e. The minimum Gasteiger partial charge on any atom is -0.394 e. The lowest BCUT2D eigenvalue weighted by atomic mass is 10.1. The molecule has 0 aliphatic carbocycles. The molecule has 0 radical (unpaired) electrons. The number of hydrogen-bond donors (Lipinski definition) is 1. The van der Waals surface area contributed by atoms with Crippen LogP contribution in [0.15, 0.2) is 0 Å². The summed E-state index contributed by atoms with van der Waals surface area (Å²) in [7, 11) is 0. The van der Waals surface area contributed by atoms with Crippen molar-refractivity contribution in [3.05, 3.63) is 0 Å². The van der Waals surface area contributed by atoms with Gasteiger partial charge in [-0.05, 0) is 19.3 Å². The van der Waals surface area contributed by atoms with Crippen LogP contribution in [0.4, 0.5) is 0 Å². The fourth-order valence-corrected chi connectivity index (χ4v) is 2.08. The van der Waals surface area contributed by atoms with Gasteiger partial charge in [0.25, 0.3) is 0 Å². The molecule has 0 bridgehead atoms. The van der Waals surface area contributed by atoms with Gasteiger partial charge in [0.1, 0.15) is 6.61 Å². The van der Waals surface area contributed by atoms with Crippen molar-refractivity contribution < 1.29 is 14.6 Å². The molecule has 4 nitrogen and oxygen atoms in total. The topological polar surface area (TPSA) is 49.8 Å². The molecule has 1 fully saturated rings. The van der Waals surface area contributed by atoms with Gasteiger partial charge in [0.2, 0.25) is 5.91 Å². The molecule has 1 unspecified atom stereocenters. The Morgan fingerprint density at radius 3 is 2.94 bits per heavy atom. The van der Waals surface area contributed by atoms with Gasteiger partial charge in [0.05, 0.1) is 12.6 Å². The van der Waals surface area contributed by atoms with Gasteiger partial charge in [-0.1, -0.05) is 19.8 Å². The first-order chi connectivity index (χ1) is 7.79. The number of nitrogens with zero attached hydrogens (tertiary/aromatic N) is 1. The standard InChI is InChI=1S/C12H23NO3/c1-2-8-16-10-12(15)13-7-5-3-4-6-11(13)9-14/h11,14H,2-10H2,1H3. The fraction of sp³-hybridized carbons (Fsp3) is 0.917. The Hall–Kier alpha value is -0.610. The van der Waals surface area contributed by atoms with E-state index >= 15 is 0 Å². The van der Waals surface area contributed by atoms with Crippen LogP contribution in [0.5, 0.6) is 0 Å². The molecule has 0 saturated carbocycles. The van der Waals surface area contributed by atoms with Crippen molar-refractivity contribution >= 4 is 5.91 Å². The van der Waals surface area contributed by atoms with E-state index in [9.17, 15) is 9.90 Å². The van der Waals surface area contributed by atoms with Crippen LogP contribution in [-0.2, 0) is 9.53 Å². The summed E-state index contributed by atoms with van der Waals surface area (Å²) in [4.78, 5) is 13.7. The Morgan fingerprint density at radius 1 is 1.44 bits per heavy atom. The molecule has 1 rings (SSSR count). The fourth-order valence-electron chi connectivity index (χ4n) is 2.08. The number of carbonyl (C=O) groups excluding carboxylic acids is 1. The normalized spacial score (nSPS) is 21.9. The lowest BCUT2D eigenvalue weighted by molar-refractivity contribution is -0.139. The molecular weight excluding hydrogens is 206 g/mol. The zero-order valence-electron chi connectivity index (χ0n) is 10.2. The van der Waals surface area contributed by atoms with E-state index in [-0.39, 0.29) is 25.2 Å². The number of aliphatic hydroxyl groups excluding tert-OH is 1. The van der Waals surface area contributed by atoms with E-state index in [0.29, 0.717) is 6.61 Å². The molecule has 1 heterocycles. The molecule has 0 aromatic carbocycles. The maximum absolute atomic E-state index is 11.9. The Bertz CT molecular complexity index is 208. The number of rotatable bonds is 5. The Balaban J connectivity index is 2.42. The van der Waals surface area contributed by atoms with Gasteiger partial charge in [0, 0.05) is 13.2 Å². The molecule has 0 aromatic heterocycles. The van der Waals surface area contributed by atoms with E-state index in [1.807, 2.05) is 6.92 Å². The minimum absolute atomic E-state index is 0.000210. The summed E-state index contributed by atoms with van der Waals surface area (Å²) >= 11 is 0. The molecule has 1 amide bonds. The molecule has 1 aliphatic heterocycles. The molecule has 1 aliphatic rings. The van der Waals surface area contributed by atoms with Crippen molar-refractivity contribution in [2.45, 2.75) is 45.1 Å². The first-order valence-corrected chi connectivity index (χ1v) is 6.27. The molecule has 16 heavy (non-hydrogen) atoms. The van der Waals surface area contributed by atoms with Gasteiger partial charge in [0.15, 0.2) is 0 Å². The second-order valence-electron chi connectivity index (χ2n) is 4.33. The van der Waals surface area contributed by atoms with E-state index in [4.69, 9.17) is 4.74 Å². The van der Waals surface area contributed by atoms with Crippen LogP contribution >= 0.6 is 0 Å². The van der Waals surface area contributed by atoms with Crippen LogP contribution in [0.2, 0.25) is 0 Å². The maximum Gasteiger partial charge on any atom is 0.248 e. The van der Waals surface area contributed by atoms with Crippen molar-refractivity contribution in [1.82, 2.24) is 4.90 Å². The van der Waals surface area contributed by atoms with Crippen molar-refractivity contribution in [1.29, 1.82) is 0 Å². The highest BCUT2D eigenvalue weighted by molar-refractivity contribution is 5.77. The molecule has 1 N–H and O–H groups in total. The van der Waals surface area contributed by atoms with Gasteiger partial charge in [-0.3, -0.25) is 4.79 Å². The summed E-state index contributed by atoms with van der Waals surface area (Å²) < 4.78 is 5.26. The maximum atomic E-state index is 11.9. The number of aliphatic hydroxyl groups is 1. The summed E-state index contributed by atoms with van der Waals surface area (Å²) in [6.07, 6.45) is 5.13. The molecule has 1 atom stereocenters. The zero-order chi connectivity index (χ0) is 11.8. The zero-order valence-corrected chi connectivity index (χ0v) is 10.2. The third-order valence-corrected chi connectivity index (χ3v) is 2.98. The quantitative estimate of drug-likeness (QED) is 0.720. The third-order valence-electron chi connectivity index (χ3n) is 2.98. The number of hydrogen-bond acceptors (Lipinski definition) is 3. The highest BCUT2D eigenvalue weighted by Crippen LogP contribution is 2.16. The lowest BCUT2D eigenvalue weighted by Crippen LogP contribution is -2.43. The lowest BCUT2D eigenvalue weighted by Gasteiger charge is -2.28. The van der Waals surface area contributed by atoms with Crippen molar-refractivity contribution in [3.8, 4) is 0 Å². The Morgan fingerprint density at radius 2 is 2.25 bits per heavy atom. The second-order valence-corrected chi connectivity index (χ2v) is 4.33. The highest BCUT2D eigenvalue weighted by atomic mass is 16.5. The average Bonchev–Trinajstić information content (AvgIpc) is 2.54. The monoisotopic (exact) mass is 229 g/mol. The second kappa shape index (κ2) is 7.63. The average molecular weight is 229 g/mol. The van der Waals surface area contributed by atoms with E-state index in [1.54, 1.807) is 4.90 Å². The molecule has 0 aromatic rings. The van der Waals surface area contributed by atoms with Crippen LogP contribution in [0, 0.1) is 0 Å². The van der Waals surface area contributed by atoms with E-state index in [1.165, 1.54) is 0 Å². The van der Waals surface area contributed by atoms with Gasteiger partial charge in [-0.25, -0.2) is 0 Å². The first-order valence-electron chi connectivity index (χ1n) is 6.27. The summed E-state index contributed by atoms with van der Waals surface area (Å²) in [5, 5.41) is 9.27. The van der Waals surface area contributed by atoms with Crippen molar-refractivity contribution in [2.75, 3.05) is 26.4 Å². The van der Waals surface area contributed by atoms with Crippen LogP contribution in [0.3, 0.4) is 0 Å². The predicted molar refractivity (Wildman–Crippen MR) is 62.2 cm³/mol. The van der Waals surface area contributed by atoms with Crippen LogP contribution in [0.1, 0.15) is 39.0 Å². The number of likely N-dealkylation sites (tertiary alicyclic amines) is 1. The van der Waals surface area contributed by atoms with Crippen LogP contribution in [0.25, 0.3) is 0 Å². The summed E-state index contributed by atoms with van der Waals surface area (Å²) in [5.74, 6) is 0.0226. The number of carbonyl (C=O) groups is 1. The largest absolute Gasteiger partial charge is 0.394 e. The summed E-state index contributed by atoms with van der Waals surface area (Å²) in [6, 6.07) is 0.000210. The number of amides is 1. The van der Waals surface area contributed by atoms with Crippen molar-refractivity contribution in [2.24, 2.45) is 0 Å². The molecule has 94 valence electrons. The summed E-state index contributed by atoms with van der Waals surface area (Å²) in [5.41, 5.74) is 0. The SMILES string of the molecule is CCCOCC(=O)N1CCCCCC1CO. The predicted octanol–water partition coefficient (Wildman–Crippen LogP) is 1.18. The Kier molecular flexibility index (Phi) is 6.42. The van der Waals surface area contributed by atoms with Crippen LogP contribution < -0.4 is 0 Å². The van der Waals surface area contributed by atoms with E-state index in [0.717, 1.165) is 38.6 Å². The first kappa shape index (κ1) is 13.5. The van der Waals surface area contributed by atoms with Gasteiger partial charge in [-0.2, -0.15) is 0 Å². The van der Waals surface area contributed by atoms with Gasteiger partial charge < -0.3 is 14.7 Å². The van der Waals surface area contributed by atoms with E-state index in [2.05, 4.69) is 0 Å². The Labute approximate surface area is 97.6 Å². The molecular formula is C12H23NO3. The minimum atomic E-state index is 0.000210. The van der Waals surface area contributed by atoms with E-state index < -0.39 is 0 Å². The third kappa shape index (κ3) is 4.10. The molecule has 0 spiro atoms. The summed E-state index contributed by atoms with van der Waals surface area (Å²) in [6.45, 7) is 3.64. The highest BCUT2D eigenvalue weighted by Gasteiger charge is 2.24. The van der Waals surface area contributed by atoms with Gasteiger partial charge >= 0.3 is 0 Å². The van der Waals surface area contributed by atoms with Crippen molar-refractivity contribution in [3.63, 3.8) is 0 Å². The molecule has 1 saturated heterocycles. The number of ether oxygens (including phenoxy) is 1. The van der Waals surface area contributed by atoms with Crippen LogP contribution in [-0.4, -0.2) is 48.3 Å².